The van der Waals surface area contributed by atoms with Gasteiger partial charge in [0.1, 0.15) is 11.5 Å². The lowest BCUT2D eigenvalue weighted by atomic mass is 10.2. The van der Waals surface area contributed by atoms with Gasteiger partial charge in [-0.2, -0.15) is 8.78 Å². The molecule has 27 heavy (non-hydrogen) atoms. The van der Waals surface area contributed by atoms with Gasteiger partial charge in [0.05, 0.1) is 31.4 Å². The molecule has 2 rings (SSSR count). The molecule has 0 unspecified atom stereocenters. The Kier molecular flexibility index (Phi) is 10.3. The number of guanidine groups is 1. The van der Waals surface area contributed by atoms with Crippen LogP contribution in [-0.2, 0) is 13.1 Å². The number of methoxy groups -OCH3 is 1. The highest BCUT2D eigenvalue weighted by Gasteiger charge is 2.11. The van der Waals surface area contributed by atoms with Gasteiger partial charge in [-0.05, 0) is 32.0 Å². The van der Waals surface area contributed by atoms with E-state index in [1.54, 1.807) is 29.0 Å². The number of aliphatic imine (C=N–C) groups is 1. The zero-order valence-corrected chi connectivity index (χ0v) is 18.4. The van der Waals surface area contributed by atoms with Gasteiger partial charge >= 0.3 is 6.61 Å². The SMILES string of the molecule is CCNC(=NCc1cc(OC)ccc1OC(F)F)NCc1scnc1C.I. The molecule has 0 bridgehead atoms. The second-order valence-corrected chi connectivity index (χ2v) is 6.20. The summed E-state index contributed by atoms with van der Waals surface area (Å²) in [5.74, 6) is 1.21. The quantitative estimate of drug-likeness (QED) is 0.319. The van der Waals surface area contributed by atoms with Crippen LogP contribution in [0.1, 0.15) is 23.1 Å². The molecular weight excluding hydrogens is 489 g/mol. The highest BCUT2D eigenvalue weighted by Crippen LogP contribution is 2.26. The van der Waals surface area contributed by atoms with Crippen molar-refractivity contribution in [1.82, 2.24) is 15.6 Å². The van der Waals surface area contributed by atoms with Crippen LogP contribution in [0.3, 0.4) is 0 Å². The highest BCUT2D eigenvalue weighted by atomic mass is 127. The molecule has 0 saturated carbocycles. The normalized spacial score (nSPS) is 11.1. The zero-order chi connectivity index (χ0) is 18.9. The van der Waals surface area contributed by atoms with E-state index in [0.29, 0.717) is 30.4 Å². The van der Waals surface area contributed by atoms with Crippen molar-refractivity contribution in [3.05, 3.63) is 39.8 Å². The standard InChI is InChI=1S/C17H22F2N4O2S.HI/c1-4-20-17(22-9-15-11(2)23-10-26-15)21-8-12-7-13(24-3)5-6-14(12)25-16(18)19;/h5-7,10,16H,4,8-9H2,1-3H3,(H2,20,21,22);1H. The summed E-state index contributed by atoms with van der Waals surface area (Å²) in [7, 11) is 1.51. The van der Waals surface area contributed by atoms with E-state index in [-0.39, 0.29) is 36.3 Å². The number of alkyl halides is 2. The molecule has 0 fully saturated rings. The number of hydrogen-bond acceptors (Lipinski definition) is 5. The summed E-state index contributed by atoms with van der Waals surface area (Å²) in [4.78, 5) is 9.77. The van der Waals surface area contributed by atoms with E-state index in [4.69, 9.17) is 4.74 Å². The Bertz CT molecular complexity index is 743. The van der Waals surface area contributed by atoms with Crippen molar-refractivity contribution >= 4 is 41.3 Å². The smallest absolute Gasteiger partial charge is 0.387 e. The number of nitrogens with zero attached hydrogens (tertiary/aromatic N) is 2. The van der Waals surface area contributed by atoms with Crippen LogP contribution in [0.5, 0.6) is 11.5 Å². The first kappa shape index (κ1) is 23.3. The number of hydrogen-bond donors (Lipinski definition) is 2. The maximum atomic E-state index is 12.6. The van der Waals surface area contributed by atoms with Gasteiger partial charge < -0.3 is 20.1 Å². The summed E-state index contributed by atoms with van der Waals surface area (Å²) in [6, 6.07) is 4.66. The molecule has 1 heterocycles. The van der Waals surface area contributed by atoms with E-state index in [1.165, 1.54) is 13.2 Å². The first-order valence-electron chi connectivity index (χ1n) is 8.06. The van der Waals surface area contributed by atoms with Gasteiger partial charge in [0, 0.05) is 17.0 Å². The van der Waals surface area contributed by atoms with Crippen molar-refractivity contribution in [2.75, 3.05) is 13.7 Å². The Balaban J connectivity index is 0.00000364. The third-order valence-electron chi connectivity index (χ3n) is 3.50. The minimum absolute atomic E-state index is 0. The molecule has 10 heteroatoms. The predicted molar refractivity (Wildman–Crippen MR) is 114 cm³/mol. The van der Waals surface area contributed by atoms with E-state index < -0.39 is 6.61 Å². The van der Waals surface area contributed by atoms with Crippen molar-refractivity contribution in [1.29, 1.82) is 0 Å². The van der Waals surface area contributed by atoms with E-state index in [9.17, 15) is 8.78 Å². The maximum Gasteiger partial charge on any atom is 0.387 e. The van der Waals surface area contributed by atoms with Crippen LogP contribution in [0.25, 0.3) is 0 Å². The van der Waals surface area contributed by atoms with Crippen molar-refractivity contribution in [3.63, 3.8) is 0 Å². The lowest BCUT2D eigenvalue weighted by molar-refractivity contribution is -0.0504. The molecule has 6 nitrogen and oxygen atoms in total. The van der Waals surface area contributed by atoms with E-state index in [1.807, 2.05) is 13.8 Å². The fourth-order valence-electron chi connectivity index (χ4n) is 2.18. The van der Waals surface area contributed by atoms with Crippen LogP contribution in [0.4, 0.5) is 8.78 Å². The summed E-state index contributed by atoms with van der Waals surface area (Å²) >= 11 is 1.56. The van der Waals surface area contributed by atoms with Crippen molar-refractivity contribution < 1.29 is 18.3 Å². The first-order chi connectivity index (χ1) is 12.5. The molecule has 0 spiro atoms. The fraction of sp³-hybridized carbons (Fsp3) is 0.412. The molecule has 0 radical (unpaired) electrons. The molecule has 0 aliphatic rings. The minimum Gasteiger partial charge on any atom is -0.497 e. The lowest BCUT2D eigenvalue weighted by Crippen LogP contribution is -2.36. The van der Waals surface area contributed by atoms with E-state index in [0.717, 1.165) is 10.6 Å². The number of rotatable bonds is 8. The molecular formula is C17H23F2IN4O2S. The Morgan fingerprint density at radius 2 is 2.11 bits per heavy atom. The first-order valence-corrected chi connectivity index (χ1v) is 8.94. The van der Waals surface area contributed by atoms with Gasteiger partial charge in [-0.25, -0.2) is 9.98 Å². The molecule has 2 N–H and O–H groups in total. The van der Waals surface area contributed by atoms with Crippen LogP contribution in [0, 0.1) is 6.92 Å². The van der Waals surface area contributed by atoms with Crippen LogP contribution >= 0.6 is 35.3 Å². The van der Waals surface area contributed by atoms with Gasteiger partial charge in [0.15, 0.2) is 5.96 Å². The Labute approximate surface area is 178 Å². The largest absolute Gasteiger partial charge is 0.497 e. The van der Waals surface area contributed by atoms with Gasteiger partial charge in [0.2, 0.25) is 0 Å². The van der Waals surface area contributed by atoms with Gasteiger partial charge in [-0.3, -0.25) is 0 Å². The molecule has 0 amide bonds. The van der Waals surface area contributed by atoms with Crippen molar-refractivity contribution in [2.45, 2.75) is 33.5 Å². The Morgan fingerprint density at radius 1 is 1.33 bits per heavy atom. The van der Waals surface area contributed by atoms with Gasteiger partial charge in [0.25, 0.3) is 0 Å². The third-order valence-corrected chi connectivity index (χ3v) is 4.43. The summed E-state index contributed by atoms with van der Waals surface area (Å²) in [6.45, 7) is 2.42. The van der Waals surface area contributed by atoms with E-state index in [2.05, 4.69) is 25.3 Å². The average molecular weight is 512 g/mol. The van der Waals surface area contributed by atoms with Gasteiger partial charge in [-0.15, -0.1) is 35.3 Å². The number of halogens is 3. The summed E-state index contributed by atoms with van der Waals surface area (Å²) in [5, 5.41) is 6.34. The molecule has 0 saturated heterocycles. The molecule has 150 valence electrons. The number of thiazole rings is 1. The van der Waals surface area contributed by atoms with Crippen LogP contribution in [0.15, 0.2) is 28.7 Å². The maximum absolute atomic E-state index is 12.6. The lowest BCUT2D eigenvalue weighted by Gasteiger charge is -2.13. The molecule has 0 atom stereocenters. The second kappa shape index (κ2) is 11.9. The summed E-state index contributed by atoms with van der Waals surface area (Å²) < 4.78 is 34.9. The number of ether oxygens (including phenoxy) is 2. The molecule has 0 aliphatic heterocycles. The minimum atomic E-state index is -2.90. The molecule has 1 aromatic heterocycles. The monoisotopic (exact) mass is 512 g/mol. The third kappa shape index (κ3) is 7.45. The number of nitrogens with one attached hydrogen (secondary N) is 2. The molecule has 1 aromatic carbocycles. The second-order valence-electron chi connectivity index (χ2n) is 5.26. The highest BCUT2D eigenvalue weighted by molar-refractivity contribution is 14.0. The molecule has 0 aliphatic carbocycles. The van der Waals surface area contributed by atoms with Crippen LogP contribution in [0.2, 0.25) is 0 Å². The number of benzene rings is 1. The van der Waals surface area contributed by atoms with Crippen molar-refractivity contribution in [3.8, 4) is 11.5 Å². The Hall–Kier alpha value is -1.69. The number of aryl methyl sites for hydroxylation is 1. The predicted octanol–water partition coefficient (Wildman–Crippen LogP) is 3.93. The summed E-state index contributed by atoms with van der Waals surface area (Å²) in [6.07, 6.45) is 0. The average Bonchev–Trinajstić information content (AvgIpc) is 3.03. The van der Waals surface area contributed by atoms with Crippen molar-refractivity contribution in [2.24, 2.45) is 4.99 Å². The topological polar surface area (TPSA) is 67.8 Å². The number of aromatic nitrogens is 1. The molecule has 2 aromatic rings. The zero-order valence-electron chi connectivity index (χ0n) is 15.3. The van der Waals surface area contributed by atoms with E-state index >= 15 is 0 Å². The summed E-state index contributed by atoms with van der Waals surface area (Å²) in [5.41, 5.74) is 3.27. The van der Waals surface area contributed by atoms with Gasteiger partial charge in [-0.1, -0.05) is 0 Å². The van der Waals surface area contributed by atoms with Crippen LogP contribution in [-0.4, -0.2) is 31.2 Å². The Morgan fingerprint density at radius 3 is 2.70 bits per heavy atom. The fourth-order valence-corrected chi connectivity index (χ4v) is 2.90. The van der Waals surface area contributed by atoms with Crippen LogP contribution < -0.4 is 20.1 Å².